The first-order chi connectivity index (χ1) is 14.6. The van der Waals surface area contributed by atoms with Crippen LogP contribution >= 0.6 is 11.6 Å². The first-order valence-electron chi connectivity index (χ1n) is 9.60. The second-order valence-corrected chi connectivity index (χ2v) is 7.85. The van der Waals surface area contributed by atoms with E-state index in [1.54, 1.807) is 22.7 Å². The minimum absolute atomic E-state index is 0.135. The summed E-state index contributed by atoms with van der Waals surface area (Å²) in [5.41, 5.74) is 4.60. The van der Waals surface area contributed by atoms with E-state index >= 15 is 0 Å². The average molecular weight is 411 g/mol. The van der Waals surface area contributed by atoms with Gasteiger partial charge in [0.2, 0.25) is 0 Å². The number of hydrogen-bond donors (Lipinski definition) is 0. The van der Waals surface area contributed by atoms with Crippen LogP contribution in [0, 0.1) is 6.92 Å². The fourth-order valence-corrected chi connectivity index (χ4v) is 4.14. The van der Waals surface area contributed by atoms with Crippen LogP contribution in [0.5, 0.6) is 0 Å². The molecule has 5 nitrogen and oxygen atoms in total. The number of pyridine rings is 1. The molecule has 0 radical (unpaired) electrons. The molecule has 0 amide bonds. The Bertz CT molecular complexity index is 1680. The molecule has 6 heteroatoms. The zero-order valence-corrected chi connectivity index (χ0v) is 16.8. The van der Waals surface area contributed by atoms with Gasteiger partial charge in [-0.15, -0.1) is 0 Å². The molecule has 3 aromatic carbocycles. The van der Waals surface area contributed by atoms with Crippen molar-refractivity contribution in [2.45, 2.75) is 6.92 Å². The number of para-hydroxylation sites is 1. The van der Waals surface area contributed by atoms with E-state index in [1.165, 1.54) is 0 Å². The van der Waals surface area contributed by atoms with Crippen LogP contribution in [0.15, 0.2) is 77.6 Å². The highest BCUT2D eigenvalue weighted by Crippen LogP contribution is 2.28. The molecule has 144 valence electrons. The third-order valence-corrected chi connectivity index (χ3v) is 5.67. The largest absolute Gasteiger partial charge is 0.281 e. The van der Waals surface area contributed by atoms with Crippen LogP contribution in [0.2, 0.25) is 5.02 Å². The Morgan fingerprint density at radius 3 is 2.40 bits per heavy atom. The van der Waals surface area contributed by atoms with Crippen LogP contribution in [-0.2, 0) is 0 Å². The second kappa shape index (κ2) is 6.15. The Balaban J connectivity index is 1.89. The summed E-state index contributed by atoms with van der Waals surface area (Å²) in [7, 11) is 0. The van der Waals surface area contributed by atoms with Crippen molar-refractivity contribution in [3.63, 3.8) is 0 Å². The summed E-state index contributed by atoms with van der Waals surface area (Å²) in [4.78, 5) is 23.3. The van der Waals surface area contributed by atoms with Gasteiger partial charge in [0.05, 0.1) is 27.5 Å². The molecule has 0 aliphatic heterocycles. The van der Waals surface area contributed by atoms with Gasteiger partial charge in [-0.3, -0.25) is 4.79 Å². The summed E-state index contributed by atoms with van der Waals surface area (Å²) < 4.78 is 3.43. The molecule has 0 atom stereocenters. The van der Waals surface area contributed by atoms with E-state index in [1.807, 2.05) is 47.1 Å². The molecule has 0 unspecified atom stereocenters. The van der Waals surface area contributed by atoms with Crippen molar-refractivity contribution in [3.05, 3.63) is 93.7 Å². The minimum atomic E-state index is -0.135. The molecule has 0 aliphatic rings. The predicted molar refractivity (Wildman–Crippen MR) is 121 cm³/mol. The Hall–Kier alpha value is -3.70. The van der Waals surface area contributed by atoms with Gasteiger partial charge in [-0.1, -0.05) is 35.4 Å². The molecule has 3 heterocycles. The van der Waals surface area contributed by atoms with E-state index in [0.717, 1.165) is 27.5 Å². The number of halogens is 1. The lowest BCUT2D eigenvalue weighted by molar-refractivity contribution is 0.788. The highest BCUT2D eigenvalue weighted by molar-refractivity contribution is 6.30. The Labute approximate surface area is 175 Å². The van der Waals surface area contributed by atoms with Crippen LogP contribution < -0.4 is 5.56 Å². The smallest absolute Gasteiger partial charge is 0.267 e. The molecule has 0 N–H and O–H groups in total. The molecule has 0 fully saturated rings. The van der Waals surface area contributed by atoms with E-state index in [9.17, 15) is 4.79 Å². The number of rotatable bonds is 1. The highest BCUT2D eigenvalue weighted by atomic mass is 35.5. The molecular weight excluding hydrogens is 396 g/mol. The van der Waals surface area contributed by atoms with Gasteiger partial charge in [-0.05, 0) is 61.5 Å². The average Bonchev–Trinajstić information content (AvgIpc) is 3.06. The maximum atomic E-state index is 13.5. The Kier molecular flexibility index (Phi) is 3.52. The summed E-state index contributed by atoms with van der Waals surface area (Å²) in [5.74, 6) is 0. The summed E-state index contributed by atoms with van der Waals surface area (Å²) >= 11 is 6.11. The van der Waals surface area contributed by atoms with Crippen LogP contribution in [0.25, 0.3) is 44.2 Å². The van der Waals surface area contributed by atoms with E-state index in [-0.39, 0.29) is 5.56 Å². The number of aryl methyl sites for hydroxylation is 1. The fourth-order valence-electron chi connectivity index (χ4n) is 4.01. The lowest BCUT2D eigenvalue weighted by Crippen LogP contribution is -2.20. The SMILES string of the molecule is Cc1ccc2nc3c(cc2c1)c1nc2ccccc2c(=O)n1n3-c1ccc(Cl)cc1. The monoisotopic (exact) mass is 410 g/mol. The molecule has 6 rings (SSSR count). The van der Waals surface area contributed by atoms with Gasteiger partial charge in [-0.2, -0.15) is 4.52 Å². The first-order valence-corrected chi connectivity index (χ1v) is 9.97. The lowest BCUT2D eigenvalue weighted by Gasteiger charge is -2.08. The van der Waals surface area contributed by atoms with Crippen molar-refractivity contribution in [1.29, 1.82) is 0 Å². The van der Waals surface area contributed by atoms with Crippen molar-refractivity contribution >= 4 is 50.1 Å². The van der Waals surface area contributed by atoms with Gasteiger partial charge in [0.25, 0.3) is 5.56 Å². The zero-order chi connectivity index (χ0) is 20.4. The zero-order valence-electron chi connectivity index (χ0n) is 16.0. The summed E-state index contributed by atoms with van der Waals surface area (Å²) in [6.07, 6.45) is 0. The van der Waals surface area contributed by atoms with Crippen LogP contribution in [0.3, 0.4) is 0 Å². The molecule has 3 aromatic heterocycles. The van der Waals surface area contributed by atoms with E-state index in [2.05, 4.69) is 19.1 Å². The third kappa shape index (κ3) is 2.39. The quantitative estimate of drug-likeness (QED) is 0.369. The van der Waals surface area contributed by atoms with E-state index in [0.29, 0.717) is 27.2 Å². The van der Waals surface area contributed by atoms with E-state index < -0.39 is 0 Å². The topological polar surface area (TPSA) is 52.2 Å². The number of benzene rings is 3. The maximum absolute atomic E-state index is 13.5. The summed E-state index contributed by atoms with van der Waals surface area (Å²) in [6, 6.07) is 23.0. The van der Waals surface area contributed by atoms with Crippen molar-refractivity contribution < 1.29 is 0 Å². The van der Waals surface area contributed by atoms with Gasteiger partial charge >= 0.3 is 0 Å². The van der Waals surface area contributed by atoms with Gasteiger partial charge in [-0.25, -0.2) is 14.6 Å². The molecule has 6 aromatic rings. The molecule has 0 saturated heterocycles. The summed E-state index contributed by atoms with van der Waals surface area (Å²) in [6.45, 7) is 2.05. The van der Waals surface area contributed by atoms with Crippen molar-refractivity contribution in [3.8, 4) is 5.69 Å². The molecule has 30 heavy (non-hydrogen) atoms. The van der Waals surface area contributed by atoms with E-state index in [4.69, 9.17) is 21.6 Å². The van der Waals surface area contributed by atoms with Crippen LogP contribution in [-0.4, -0.2) is 19.2 Å². The van der Waals surface area contributed by atoms with Gasteiger partial charge in [0.1, 0.15) is 0 Å². The minimum Gasteiger partial charge on any atom is -0.267 e. The molecule has 0 spiro atoms. The lowest BCUT2D eigenvalue weighted by atomic mass is 10.1. The van der Waals surface area contributed by atoms with Crippen molar-refractivity contribution in [1.82, 2.24) is 19.2 Å². The van der Waals surface area contributed by atoms with Gasteiger partial charge in [0, 0.05) is 10.4 Å². The first kappa shape index (κ1) is 17.2. The molecule has 0 saturated carbocycles. The van der Waals surface area contributed by atoms with Crippen LogP contribution in [0.4, 0.5) is 0 Å². The van der Waals surface area contributed by atoms with Crippen LogP contribution in [0.1, 0.15) is 5.56 Å². The maximum Gasteiger partial charge on any atom is 0.281 e. The predicted octanol–water partition coefficient (Wildman–Crippen LogP) is 5.30. The third-order valence-electron chi connectivity index (χ3n) is 5.42. The number of aromatic nitrogens is 4. The van der Waals surface area contributed by atoms with Gasteiger partial charge < -0.3 is 0 Å². The molecule has 0 aliphatic carbocycles. The molecular formula is C24H15ClN4O. The Morgan fingerprint density at radius 1 is 0.800 bits per heavy atom. The number of fused-ring (bicyclic) bond motifs is 5. The molecule has 0 bridgehead atoms. The standard InChI is InChI=1S/C24H15ClN4O/c1-14-6-11-20-15(12-14)13-19-22(26-20)28(17-9-7-16(25)8-10-17)29-23(19)27-21-5-3-2-4-18(21)24(29)30/h2-13H,1H3. The highest BCUT2D eigenvalue weighted by Gasteiger charge is 2.19. The normalized spacial score (nSPS) is 11.8. The fraction of sp³-hybridized carbons (Fsp3) is 0.0417. The number of nitrogens with zero attached hydrogens (tertiary/aromatic N) is 4. The number of hydrogen-bond acceptors (Lipinski definition) is 3. The summed E-state index contributed by atoms with van der Waals surface area (Å²) in [5, 5.41) is 3.03. The second-order valence-electron chi connectivity index (χ2n) is 7.41. The van der Waals surface area contributed by atoms with Gasteiger partial charge in [0.15, 0.2) is 11.3 Å². The Morgan fingerprint density at radius 2 is 1.57 bits per heavy atom. The van der Waals surface area contributed by atoms with Crippen molar-refractivity contribution in [2.75, 3.05) is 0 Å². The van der Waals surface area contributed by atoms with Crippen molar-refractivity contribution in [2.24, 2.45) is 0 Å².